The highest BCUT2D eigenvalue weighted by molar-refractivity contribution is 7.99. The van der Waals surface area contributed by atoms with Crippen LogP contribution in [0.5, 0.6) is 0 Å². The fraction of sp³-hybridized carbons (Fsp3) is 0.333. The van der Waals surface area contributed by atoms with Gasteiger partial charge in [0.05, 0.1) is 16.8 Å². The van der Waals surface area contributed by atoms with Crippen LogP contribution < -0.4 is 5.32 Å². The fourth-order valence-electron chi connectivity index (χ4n) is 2.69. The maximum Gasteiger partial charge on any atom is 0.230 e. The lowest BCUT2D eigenvalue weighted by molar-refractivity contribution is -0.118. The summed E-state index contributed by atoms with van der Waals surface area (Å²) in [6.07, 6.45) is 0.573. The second-order valence-electron chi connectivity index (χ2n) is 6.04. The molecule has 8 heteroatoms. The van der Waals surface area contributed by atoms with E-state index in [-0.39, 0.29) is 17.5 Å². The first-order valence-corrected chi connectivity index (χ1v) is 9.23. The first kappa shape index (κ1) is 18.3. The first-order chi connectivity index (χ1) is 12.4. The summed E-state index contributed by atoms with van der Waals surface area (Å²) in [5, 5.41) is 3.48. The van der Waals surface area contributed by atoms with Gasteiger partial charge in [0.25, 0.3) is 0 Å². The van der Waals surface area contributed by atoms with Crippen LogP contribution in [0.15, 0.2) is 29.4 Å². The number of hydrogen-bond acceptors (Lipinski definition) is 5. The summed E-state index contributed by atoms with van der Waals surface area (Å²) in [6, 6.07) is 6.41. The number of carbonyl (C=O) groups excluding carboxylic acids is 1. The van der Waals surface area contributed by atoms with Crippen LogP contribution in [-0.2, 0) is 18.3 Å². The van der Waals surface area contributed by atoms with Crippen molar-refractivity contribution in [3.05, 3.63) is 47.3 Å². The van der Waals surface area contributed by atoms with Gasteiger partial charge in [0.15, 0.2) is 5.16 Å². The molecule has 136 valence electrons. The number of benzene rings is 1. The Labute approximate surface area is 155 Å². The Morgan fingerprint density at radius 3 is 2.65 bits per heavy atom. The van der Waals surface area contributed by atoms with Gasteiger partial charge in [-0.1, -0.05) is 11.8 Å². The molecule has 0 aliphatic rings. The molecule has 0 aliphatic carbocycles. The molecule has 6 nitrogen and oxygen atoms in total. The van der Waals surface area contributed by atoms with Gasteiger partial charge >= 0.3 is 0 Å². The fourth-order valence-corrected chi connectivity index (χ4v) is 3.47. The van der Waals surface area contributed by atoms with Gasteiger partial charge < -0.3 is 9.88 Å². The summed E-state index contributed by atoms with van der Waals surface area (Å²) in [5.74, 6) is 0.696. The van der Waals surface area contributed by atoms with E-state index in [1.54, 1.807) is 6.07 Å². The van der Waals surface area contributed by atoms with Crippen molar-refractivity contribution >= 4 is 28.7 Å². The van der Waals surface area contributed by atoms with Gasteiger partial charge in [-0.15, -0.1) is 0 Å². The average Bonchev–Trinajstić information content (AvgIpc) is 2.88. The molecule has 2 aromatic heterocycles. The summed E-state index contributed by atoms with van der Waals surface area (Å²) < 4.78 is 15.2. The van der Waals surface area contributed by atoms with Gasteiger partial charge in [0.1, 0.15) is 11.6 Å². The standard InChI is InChI=1S/C18H20FN5OS/c1-11-8-12(2)22-18(21-11)26-10-17(25)20-7-6-16-23-14-5-4-13(19)9-15(14)24(16)3/h4-5,8-9H,6-7,10H2,1-3H3,(H,20,25). The van der Waals surface area contributed by atoms with Gasteiger partial charge in [-0.2, -0.15) is 0 Å². The highest BCUT2D eigenvalue weighted by atomic mass is 32.2. The molecule has 2 heterocycles. The maximum absolute atomic E-state index is 13.3. The Balaban J connectivity index is 1.51. The maximum atomic E-state index is 13.3. The van der Waals surface area contributed by atoms with Crippen LogP contribution in [0.25, 0.3) is 11.0 Å². The molecule has 0 unspecified atom stereocenters. The zero-order chi connectivity index (χ0) is 18.7. The number of aromatic nitrogens is 4. The third kappa shape index (κ3) is 4.37. The second-order valence-corrected chi connectivity index (χ2v) is 6.98. The molecule has 0 aliphatic heterocycles. The molecule has 0 saturated carbocycles. The number of halogens is 1. The van der Waals surface area contributed by atoms with Gasteiger partial charge in [-0.05, 0) is 38.1 Å². The minimum atomic E-state index is -0.286. The zero-order valence-electron chi connectivity index (χ0n) is 14.9. The van der Waals surface area contributed by atoms with Crippen molar-refractivity contribution in [2.24, 2.45) is 7.05 Å². The Kier molecular flexibility index (Phi) is 5.51. The zero-order valence-corrected chi connectivity index (χ0v) is 15.7. The molecular weight excluding hydrogens is 353 g/mol. The molecule has 1 amide bonds. The van der Waals surface area contributed by atoms with Crippen LogP contribution in [0.4, 0.5) is 4.39 Å². The monoisotopic (exact) mass is 373 g/mol. The van der Waals surface area contributed by atoms with Crippen molar-refractivity contribution in [3.63, 3.8) is 0 Å². The topological polar surface area (TPSA) is 72.7 Å². The number of amides is 1. The van der Waals surface area contributed by atoms with Crippen LogP contribution in [0, 0.1) is 19.7 Å². The van der Waals surface area contributed by atoms with Crippen molar-refractivity contribution in [1.82, 2.24) is 24.8 Å². The average molecular weight is 373 g/mol. The number of rotatable bonds is 6. The number of carbonyl (C=O) groups is 1. The van der Waals surface area contributed by atoms with E-state index in [2.05, 4.69) is 20.3 Å². The molecule has 1 aromatic carbocycles. The molecule has 3 aromatic rings. The predicted molar refractivity (Wildman–Crippen MR) is 99.6 cm³/mol. The van der Waals surface area contributed by atoms with Crippen molar-refractivity contribution < 1.29 is 9.18 Å². The SMILES string of the molecule is Cc1cc(C)nc(SCC(=O)NCCc2nc3ccc(F)cc3n2C)n1. The number of nitrogens with one attached hydrogen (secondary N) is 1. The largest absolute Gasteiger partial charge is 0.355 e. The summed E-state index contributed by atoms with van der Waals surface area (Å²) in [7, 11) is 1.85. The number of fused-ring (bicyclic) bond motifs is 1. The summed E-state index contributed by atoms with van der Waals surface area (Å²) in [5.41, 5.74) is 3.27. The molecule has 0 saturated heterocycles. The molecule has 26 heavy (non-hydrogen) atoms. The molecule has 1 N–H and O–H groups in total. The molecular formula is C18H20FN5OS. The molecule has 3 rings (SSSR count). The summed E-state index contributed by atoms with van der Waals surface area (Å²) in [4.78, 5) is 25.1. The van der Waals surface area contributed by atoms with E-state index in [1.807, 2.05) is 31.5 Å². The van der Waals surface area contributed by atoms with Gasteiger partial charge in [-0.3, -0.25) is 4.79 Å². The van der Waals surface area contributed by atoms with Crippen LogP contribution >= 0.6 is 11.8 Å². The van der Waals surface area contributed by atoms with Crippen LogP contribution in [0.2, 0.25) is 0 Å². The smallest absolute Gasteiger partial charge is 0.230 e. The lowest BCUT2D eigenvalue weighted by Gasteiger charge is -2.06. The molecule has 0 spiro atoms. The molecule has 0 atom stereocenters. The second kappa shape index (κ2) is 7.82. The van der Waals surface area contributed by atoms with Crippen molar-refractivity contribution in [3.8, 4) is 0 Å². The minimum absolute atomic E-state index is 0.0810. The van der Waals surface area contributed by atoms with Gasteiger partial charge in [0.2, 0.25) is 5.91 Å². The van der Waals surface area contributed by atoms with Gasteiger partial charge in [-0.25, -0.2) is 19.3 Å². The normalized spacial score (nSPS) is 11.1. The Bertz CT molecular complexity index is 936. The minimum Gasteiger partial charge on any atom is -0.355 e. The predicted octanol–water partition coefficient (Wildman–Crippen LogP) is 2.57. The van der Waals surface area contributed by atoms with Crippen LogP contribution in [-0.4, -0.2) is 37.7 Å². The highest BCUT2D eigenvalue weighted by Crippen LogP contribution is 2.16. The van der Waals surface area contributed by atoms with Crippen LogP contribution in [0.1, 0.15) is 17.2 Å². The van der Waals surface area contributed by atoms with E-state index in [0.717, 1.165) is 28.2 Å². The number of imidazole rings is 1. The number of thioether (sulfide) groups is 1. The Morgan fingerprint density at radius 2 is 1.92 bits per heavy atom. The number of nitrogens with zero attached hydrogens (tertiary/aromatic N) is 4. The van der Waals surface area contributed by atoms with E-state index in [1.165, 1.54) is 23.9 Å². The van der Waals surface area contributed by atoms with E-state index < -0.39 is 0 Å². The van der Waals surface area contributed by atoms with Crippen molar-refractivity contribution in [1.29, 1.82) is 0 Å². The van der Waals surface area contributed by atoms with E-state index in [0.29, 0.717) is 18.1 Å². The van der Waals surface area contributed by atoms with Crippen molar-refractivity contribution in [2.45, 2.75) is 25.4 Å². The Morgan fingerprint density at radius 1 is 1.19 bits per heavy atom. The molecule has 0 bridgehead atoms. The third-order valence-electron chi connectivity index (χ3n) is 3.90. The first-order valence-electron chi connectivity index (χ1n) is 8.25. The summed E-state index contributed by atoms with van der Waals surface area (Å²) in [6.45, 7) is 4.27. The van der Waals surface area contributed by atoms with Gasteiger partial charge in [0, 0.05) is 31.4 Å². The van der Waals surface area contributed by atoms with E-state index in [9.17, 15) is 9.18 Å². The van der Waals surface area contributed by atoms with E-state index in [4.69, 9.17) is 0 Å². The quantitative estimate of drug-likeness (QED) is 0.531. The Hall–Kier alpha value is -2.48. The van der Waals surface area contributed by atoms with Crippen LogP contribution in [0.3, 0.4) is 0 Å². The van der Waals surface area contributed by atoms with Crippen molar-refractivity contribution in [2.75, 3.05) is 12.3 Å². The number of hydrogen-bond donors (Lipinski definition) is 1. The highest BCUT2D eigenvalue weighted by Gasteiger charge is 2.10. The molecule has 0 fully saturated rings. The summed E-state index contributed by atoms with van der Waals surface area (Å²) >= 11 is 1.31. The third-order valence-corrected chi connectivity index (χ3v) is 4.75. The number of aryl methyl sites for hydroxylation is 3. The van der Waals surface area contributed by atoms with E-state index >= 15 is 0 Å². The lowest BCUT2D eigenvalue weighted by Crippen LogP contribution is -2.28. The lowest BCUT2D eigenvalue weighted by atomic mass is 10.3. The molecule has 0 radical (unpaired) electrons.